The van der Waals surface area contributed by atoms with Crippen LogP contribution in [0.5, 0.6) is 5.75 Å². The number of nitrogens with two attached hydrogens (primary N) is 1. The van der Waals surface area contributed by atoms with Gasteiger partial charge in [0.15, 0.2) is 5.82 Å². The summed E-state index contributed by atoms with van der Waals surface area (Å²) in [6.07, 6.45) is -2.49. The standard InChI is InChI=1S/C31H42N5O6P/c1-6-13-23(36-27(20-39-7-2)34-28-29(36)25-16-11-12-17-26(25)33-30(28)32)18-19-40-43(38,42-24-14-9-8-10-15-24)35-22(5)31(37)41-21(3)4/h8-12,14-17,21-23H,6-7,13,18-20H2,1-5H3,(H2,32,33)(H,35,38)/t22-,23+,43+/m0/s1/i3D3,4D3,5D3,21D. The summed E-state index contributed by atoms with van der Waals surface area (Å²) in [7, 11) is -4.90. The number of nitrogens with one attached hydrogen (secondary N) is 1. The molecule has 12 heteroatoms. The van der Waals surface area contributed by atoms with E-state index in [0.717, 1.165) is 5.39 Å². The summed E-state index contributed by atoms with van der Waals surface area (Å²) in [4.78, 5) is 22.6. The number of hydrogen-bond acceptors (Lipinski definition) is 9. The van der Waals surface area contributed by atoms with E-state index in [-0.39, 0.29) is 37.2 Å². The summed E-state index contributed by atoms with van der Waals surface area (Å²) >= 11 is 0. The molecule has 3 atom stereocenters. The Morgan fingerprint density at radius 1 is 1.09 bits per heavy atom. The molecular weight excluding hydrogens is 569 g/mol. The maximum atomic E-state index is 14.4. The predicted octanol–water partition coefficient (Wildman–Crippen LogP) is 6.57. The monoisotopic (exact) mass is 621 g/mol. The van der Waals surface area contributed by atoms with Crippen LogP contribution in [0.25, 0.3) is 21.9 Å². The zero-order valence-corrected chi connectivity index (χ0v) is 24.8. The highest BCUT2D eigenvalue weighted by molar-refractivity contribution is 7.52. The molecule has 4 rings (SSSR count). The van der Waals surface area contributed by atoms with Crippen LogP contribution in [0.1, 0.15) is 79.2 Å². The normalized spacial score (nSPS) is 19.1. The summed E-state index contributed by atoms with van der Waals surface area (Å²) in [5, 5.41) is 2.82. The van der Waals surface area contributed by atoms with Crippen LogP contribution in [0.2, 0.25) is 0 Å². The largest absolute Gasteiger partial charge is 0.462 e. The number of fused-ring (bicyclic) bond motifs is 3. The number of para-hydroxylation sites is 2. The highest BCUT2D eigenvalue weighted by Gasteiger charge is 2.33. The van der Waals surface area contributed by atoms with Gasteiger partial charge in [0, 0.05) is 30.4 Å². The Hall–Kier alpha value is -3.50. The van der Waals surface area contributed by atoms with Crippen molar-refractivity contribution >= 4 is 41.5 Å². The van der Waals surface area contributed by atoms with Gasteiger partial charge < -0.3 is 24.3 Å². The maximum absolute atomic E-state index is 14.4. The number of aromatic nitrogens is 3. The van der Waals surface area contributed by atoms with Gasteiger partial charge in [-0.2, -0.15) is 5.09 Å². The van der Waals surface area contributed by atoms with E-state index in [1.54, 1.807) is 6.07 Å². The number of esters is 1. The molecule has 0 spiro atoms. The average Bonchev–Trinajstić information content (AvgIpc) is 3.45. The van der Waals surface area contributed by atoms with E-state index in [0.29, 0.717) is 41.8 Å². The lowest BCUT2D eigenvalue weighted by Crippen LogP contribution is -2.36. The summed E-state index contributed by atoms with van der Waals surface area (Å²) < 4.78 is 116. The summed E-state index contributed by atoms with van der Waals surface area (Å²) in [6, 6.07) is 11.8. The topological polar surface area (TPSA) is 140 Å². The fourth-order valence-electron chi connectivity index (χ4n) is 4.68. The molecule has 0 saturated carbocycles. The second-order valence-electron chi connectivity index (χ2n) is 9.53. The van der Waals surface area contributed by atoms with Crippen LogP contribution in [0.15, 0.2) is 54.6 Å². The smallest absolute Gasteiger partial charge is 0.459 e. The van der Waals surface area contributed by atoms with Crippen molar-refractivity contribution in [3.63, 3.8) is 0 Å². The van der Waals surface area contributed by atoms with E-state index < -0.39 is 46.4 Å². The van der Waals surface area contributed by atoms with Crippen molar-refractivity contribution in [2.75, 3.05) is 18.9 Å². The first-order valence-electron chi connectivity index (χ1n) is 18.8. The van der Waals surface area contributed by atoms with Gasteiger partial charge in [0.05, 0.1) is 25.1 Å². The Morgan fingerprint density at radius 2 is 1.86 bits per heavy atom. The third kappa shape index (κ3) is 8.12. The molecule has 0 saturated heterocycles. The van der Waals surface area contributed by atoms with Gasteiger partial charge in [-0.25, -0.2) is 14.5 Å². The fourth-order valence-corrected chi connectivity index (χ4v) is 6.03. The van der Waals surface area contributed by atoms with E-state index in [1.165, 1.54) is 24.3 Å². The molecule has 11 nitrogen and oxygen atoms in total. The second kappa shape index (κ2) is 14.8. The number of nitrogens with zero attached hydrogens (tertiary/aromatic N) is 3. The van der Waals surface area contributed by atoms with Crippen molar-refractivity contribution in [2.24, 2.45) is 0 Å². The Labute approximate surface area is 266 Å². The van der Waals surface area contributed by atoms with Crippen molar-refractivity contribution in [2.45, 2.75) is 78.4 Å². The Kier molecular flexibility index (Phi) is 7.31. The number of anilines is 1. The van der Waals surface area contributed by atoms with E-state index in [4.69, 9.17) is 38.2 Å². The summed E-state index contributed by atoms with van der Waals surface area (Å²) in [5.74, 6) is -1.30. The van der Waals surface area contributed by atoms with Gasteiger partial charge in [-0.1, -0.05) is 49.7 Å². The number of carbonyl (C=O) groups excluding carboxylic acids is 1. The van der Waals surface area contributed by atoms with Gasteiger partial charge in [0.25, 0.3) is 0 Å². The first kappa shape index (κ1) is 21.2. The molecule has 0 radical (unpaired) electrons. The number of hydrogen-bond donors (Lipinski definition) is 2. The van der Waals surface area contributed by atoms with Crippen LogP contribution in [-0.2, 0) is 30.0 Å². The van der Waals surface area contributed by atoms with Crippen LogP contribution >= 0.6 is 7.75 Å². The minimum atomic E-state index is -4.90. The highest BCUT2D eigenvalue weighted by atomic mass is 31.2. The molecule has 0 aliphatic heterocycles. The number of rotatable bonds is 16. The van der Waals surface area contributed by atoms with Crippen molar-refractivity contribution in [3.8, 4) is 5.75 Å². The molecule has 3 N–H and O–H groups in total. The number of ether oxygens (including phenoxy) is 2. The van der Waals surface area contributed by atoms with Crippen molar-refractivity contribution in [3.05, 3.63) is 60.4 Å². The molecule has 4 aromatic rings. The highest BCUT2D eigenvalue weighted by Crippen LogP contribution is 2.45. The van der Waals surface area contributed by atoms with Gasteiger partial charge in [0.1, 0.15) is 29.7 Å². The van der Waals surface area contributed by atoms with Crippen LogP contribution in [0.3, 0.4) is 0 Å². The summed E-state index contributed by atoms with van der Waals surface area (Å²) in [5.41, 5.74) is 8.14. The van der Waals surface area contributed by atoms with Gasteiger partial charge >= 0.3 is 13.7 Å². The lowest BCUT2D eigenvalue weighted by molar-refractivity contribution is -0.149. The second-order valence-corrected chi connectivity index (χ2v) is 11.2. The molecule has 2 heterocycles. The number of nitrogen functional groups attached to an aromatic ring is 1. The van der Waals surface area contributed by atoms with Crippen LogP contribution < -0.4 is 15.3 Å². The summed E-state index contributed by atoms with van der Waals surface area (Å²) in [6.45, 7) is -6.91. The predicted molar refractivity (Wildman–Crippen MR) is 168 cm³/mol. The van der Waals surface area contributed by atoms with Crippen LogP contribution in [0, 0.1) is 0 Å². The number of imidazole rings is 1. The first-order chi connectivity index (χ1) is 24.7. The van der Waals surface area contributed by atoms with Gasteiger partial charge in [-0.15, -0.1) is 0 Å². The quantitative estimate of drug-likeness (QED) is 0.104. The average molecular weight is 622 g/mol. The molecule has 43 heavy (non-hydrogen) atoms. The SMILES string of the molecule is [2H]C([2H])([2H])[C@H](N[P@@](=O)(OCC[C@@H](CCC)n1c(COCC)nc2c(N)nc3ccccc3c21)Oc1ccccc1)C(=O)OC([2H])(C([2H])([2H])[2H])C([2H])([2H])[2H]. The van der Waals surface area contributed by atoms with Crippen LogP contribution in [0.4, 0.5) is 5.82 Å². The molecule has 0 aliphatic carbocycles. The Morgan fingerprint density at radius 3 is 2.58 bits per heavy atom. The zero-order valence-electron chi connectivity index (χ0n) is 33.9. The van der Waals surface area contributed by atoms with E-state index >= 15 is 0 Å². The molecule has 0 aliphatic rings. The first-order valence-corrected chi connectivity index (χ1v) is 15.3. The third-order valence-electron chi connectivity index (χ3n) is 6.46. The van der Waals surface area contributed by atoms with Crippen LogP contribution in [-0.4, -0.2) is 45.8 Å². The van der Waals surface area contributed by atoms with Gasteiger partial charge in [-0.3, -0.25) is 9.32 Å². The third-order valence-corrected chi connectivity index (χ3v) is 8.00. The van der Waals surface area contributed by atoms with Gasteiger partial charge in [-0.05, 0) is 58.5 Å². The lowest BCUT2D eigenvalue weighted by atomic mass is 10.1. The molecule has 0 unspecified atom stereocenters. The molecule has 2 aromatic heterocycles. The van der Waals surface area contributed by atoms with Crippen molar-refractivity contribution in [1.29, 1.82) is 0 Å². The van der Waals surface area contributed by atoms with Crippen molar-refractivity contribution < 1.29 is 41.6 Å². The Bertz CT molecular complexity index is 1910. The number of benzene rings is 2. The van der Waals surface area contributed by atoms with E-state index in [1.807, 2.05) is 47.8 Å². The Balaban J connectivity index is 1.72. The molecular formula is C31H42N5O6P. The molecule has 0 bridgehead atoms. The maximum Gasteiger partial charge on any atom is 0.459 e. The van der Waals surface area contributed by atoms with E-state index in [9.17, 15) is 9.36 Å². The zero-order chi connectivity index (χ0) is 39.4. The van der Waals surface area contributed by atoms with Gasteiger partial charge in [0.2, 0.25) is 0 Å². The number of pyridine rings is 1. The molecule has 2 aromatic carbocycles. The molecule has 232 valence electrons. The van der Waals surface area contributed by atoms with Crippen molar-refractivity contribution in [1.82, 2.24) is 19.6 Å². The molecule has 0 fully saturated rings. The fraction of sp³-hybridized carbons (Fsp3) is 0.452. The number of carbonyl (C=O) groups is 1. The van der Waals surface area contributed by atoms with E-state index in [2.05, 4.69) is 9.72 Å². The molecule has 0 amide bonds. The minimum absolute atomic E-state index is 0.0556. The lowest BCUT2D eigenvalue weighted by Gasteiger charge is -2.25. The minimum Gasteiger partial charge on any atom is -0.462 e.